The predicted octanol–water partition coefficient (Wildman–Crippen LogP) is 4.71. The molecule has 138 valence electrons. The van der Waals surface area contributed by atoms with Gasteiger partial charge >= 0.3 is 0 Å². The third kappa shape index (κ3) is 5.48. The Labute approximate surface area is 155 Å². The Morgan fingerprint density at radius 3 is 2.65 bits per heavy atom. The number of aromatic nitrogens is 2. The minimum atomic E-state index is 0.653. The number of ether oxygens (including phenoxy) is 1. The van der Waals surface area contributed by atoms with Crippen LogP contribution in [0, 0.1) is 6.92 Å². The summed E-state index contributed by atoms with van der Waals surface area (Å²) in [7, 11) is 1.67. The summed E-state index contributed by atoms with van der Waals surface area (Å²) in [5.41, 5.74) is 3.69. The van der Waals surface area contributed by atoms with Crippen LogP contribution in [0.2, 0.25) is 0 Å². The fraction of sp³-hybridized carbons (Fsp3) is 0.429. The average molecular weight is 352 g/mol. The Morgan fingerprint density at radius 1 is 1.08 bits per heavy atom. The van der Waals surface area contributed by atoms with Crippen molar-refractivity contribution in [3.8, 4) is 5.75 Å². The van der Waals surface area contributed by atoms with Crippen LogP contribution in [0.4, 0.5) is 11.8 Å². The van der Waals surface area contributed by atoms with E-state index >= 15 is 0 Å². The number of anilines is 2. The van der Waals surface area contributed by atoms with E-state index in [0.29, 0.717) is 12.5 Å². The highest BCUT2D eigenvalue weighted by Gasteiger charge is 2.05. The van der Waals surface area contributed by atoms with Crippen molar-refractivity contribution in [3.63, 3.8) is 0 Å². The van der Waals surface area contributed by atoms with Crippen LogP contribution >= 0.6 is 0 Å². The molecule has 0 bridgehead atoms. The standard InChI is InChI=1S/C21H28N4O/c1-16-14-20(22-13-12-17-6-4-3-5-7-17)25-21(24-16)23-15-18-8-10-19(26-2)11-9-18/h6,8-11,14H,3-5,7,12-13,15H2,1-2H3,(H2,22,23,24,25). The highest BCUT2D eigenvalue weighted by atomic mass is 16.5. The number of aryl methyl sites for hydroxylation is 1. The summed E-state index contributed by atoms with van der Waals surface area (Å²) in [6.45, 7) is 3.59. The highest BCUT2D eigenvalue weighted by molar-refractivity contribution is 5.42. The van der Waals surface area contributed by atoms with E-state index in [2.05, 4.69) is 26.7 Å². The van der Waals surface area contributed by atoms with Crippen molar-refractivity contribution in [3.05, 3.63) is 53.2 Å². The van der Waals surface area contributed by atoms with E-state index in [4.69, 9.17) is 4.74 Å². The minimum Gasteiger partial charge on any atom is -0.497 e. The minimum absolute atomic E-state index is 0.653. The molecule has 0 atom stereocenters. The largest absolute Gasteiger partial charge is 0.497 e. The van der Waals surface area contributed by atoms with E-state index in [-0.39, 0.29) is 0 Å². The molecule has 0 radical (unpaired) electrons. The lowest BCUT2D eigenvalue weighted by Gasteiger charge is -2.14. The first kappa shape index (κ1) is 18.2. The molecule has 26 heavy (non-hydrogen) atoms. The van der Waals surface area contributed by atoms with Crippen LogP contribution in [-0.2, 0) is 6.54 Å². The number of allylic oxidation sites excluding steroid dienone is 1. The summed E-state index contributed by atoms with van der Waals surface area (Å²) >= 11 is 0. The van der Waals surface area contributed by atoms with E-state index in [1.807, 2.05) is 37.3 Å². The Morgan fingerprint density at radius 2 is 1.92 bits per heavy atom. The Balaban J connectivity index is 1.53. The van der Waals surface area contributed by atoms with Crippen molar-refractivity contribution in [2.45, 2.75) is 45.6 Å². The molecular formula is C21H28N4O. The molecule has 1 aliphatic carbocycles. The van der Waals surface area contributed by atoms with Gasteiger partial charge in [-0.1, -0.05) is 23.8 Å². The SMILES string of the molecule is COc1ccc(CNc2nc(C)cc(NCCC3=CCCCC3)n2)cc1. The van der Waals surface area contributed by atoms with Gasteiger partial charge in [0.25, 0.3) is 0 Å². The fourth-order valence-electron chi connectivity index (χ4n) is 3.15. The molecule has 0 unspecified atom stereocenters. The lowest BCUT2D eigenvalue weighted by Crippen LogP contribution is -2.09. The topological polar surface area (TPSA) is 59.1 Å². The van der Waals surface area contributed by atoms with Crippen LogP contribution in [0.1, 0.15) is 43.4 Å². The molecule has 1 heterocycles. The van der Waals surface area contributed by atoms with Crippen molar-refractivity contribution in [2.24, 2.45) is 0 Å². The Kier molecular flexibility index (Phi) is 6.47. The summed E-state index contributed by atoms with van der Waals surface area (Å²) in [4.78, 5) is 9.07. The third-order valence-electron chi connectivity index (χ3n) is 4.60. The van der Waals surface area contributed by atoms with Crippen molar-refractivity contribution < 1.29 is 4.74 Å². The van der Waals surface area contributed by atoms with Gasteiger partial charge in [0.2, 0.25) is 5.95 Å². The molecule has 2 aromatic rings. The fourth-order valence-corrected chi connectivity index (χ4v) is 3.15. The summed E-state index contributed by atoms with van der Waals surface area (Å²) < 4.78 is 5.19. The molecule has 1 aromatic heterocycles. The van der Waals surface area contributed by atoms with E-state index in [9.17, 15) is 0 Å². The third-order valence-corrected chi connectivity index (χ3v) is 4.60. The highest BCUT2D eigenvalue weighted by Crippen LogP contribution is 2.20. The van der Waals surface area contributed by atoms with Gasteiger partial charge in [-0.15, -0.1) is 0 Å². The molecule has 0 spiro atoms. The van der Waals surface area contributed by atoms with E-state index in [0.717, 1.165) is 35.8 Å². The number of methoxy groups -OCH3 is 1. The first-order chi connectivity index (χ1) is 12.7. The average Bonchev–Trinajstić information content (AvgIpc) is 2.67. The molecule has 0 aliphatic heterocycles. The first-order valence-corrected chi connectivity index (χ1v) is 9.37. The van der Waals surface area contributed by atoms with E-state index in [1.54, 1.807) is 12.7 Å². The van der Waals surface area contributed by atoms with Crippen molar-refractivity contribution in [1.29, 1.82) is 0 Å². The van der Waals surface area contributed by atoms with Crippen LogP contribution in [-0.4, -0.2) is 23.6 Å². The van der Waals surface area contributed by atoms with Crippen LogP contribution in [0.3, 0.4) is 0 Å². The summed E-state index contributed by atoms with van der Waals surface area (Å²) in [6.07, 6.45) is 8.65. The lowest BCUT2D eigenvalue weighted by molar-refractivity contribution is 0.414. The molecule has 0 fully saturated rings. The number of nitrogens with one attached hydrogen (secondary N) is 2. The molecule has 0 saturated carbocycles. The summed E-state index contributed by atoms with van der Waals surface area (Å²) in [6, 6.07) is 9.99. The second-order valence-corrected chi connectivity index (χ2v) is 6.70. The molecule has 1 aliphatic rings. The maximum Gasteiger partial charge on any atom is 0.225 e. The van der Waals surface area contributed by atoms with E-state index < -0.39 is 0 Å². The van der Waals surface area contributed by atoms with Gasteiger partial charge in [-0.25, -0.2) is 4.98 Å². The van der Waals surface area contributed by atoms with Crippen molar-refractivity contribution in [2.75, 3.05) is 24.3 Å². The molecular weight excluding hydrogens is 324 g/mol. The second-order valence-electron chi connectivity index (χ2n) is 6.70. The molecule has 2 N–H and O–H groups in total. The van der Waals surface area contributed by atoms with Crippen LogP contribution in [0.25, 0.3) is 0 Å². The van der Waals surface area contributed by atoms with Gasteiger partial charge in [-0.05, 0) is 56.7 Å². The van der Waals surface area contributed by atoms with Crippen LogP contribution in [0.5, 0.6) is 5.75 Å². The van der Waals surface area contributed by atoms with Gasteiger partial charge in [0, 0.05) is 24.8 Å². The van der Waals surface area contributed by atoms with Gasteiger partial charge in [-0.2, -0.15) is 4.98 Å². The quantitative estimate of drug-likeness (QED) is 0.674. The zero-order chi connectivity index (χ0) is 18.2. The first-order valence-electron chi connectivity index (χ1n) is 9.37. The normalized spacial score (nSPS) is 13.8. The zero-order valence-corrected chi connectivity index (χ0v) is 15.7. The zero-order valence-electron chi connectivity index (χ0n) is 15.7. The number of hydrogen-bond donors (Lipinski definition) is 2. The molecule has 0 saturated heterocycles. The summed E-state index contributed by atoms with van der Waals surface area (Å²) in [5.74, 6) is 2.39. The smallest absolute Gasteiger partial charge is 0.225 e. The Bertz CT molecular complexity index is 740. The predicted molar refractivity (Wildman–Crippen MR) is 107 cm³/mol. The van der Waals surface area contributed by atoms with Gasteiger partial charge in [-0.3, -0.25) is 0 Å². The van der Waals surface area contributed by atoms with Gasteiger partial charge in [0.15, 0.2) is 0 Å². The maximum atomic E-state index is 5.19. The second kappa shape index (κ2) is 9.22. The Hall–Kier alpha value is -2.56. The monoisotopic (exact) mass is 352 g/mol. The maximum absolute atomic E-state index is 5.19. The number of benzene rings is 1. The molecule has 1 aromatic carbocycles. The van der Waals surface area contributed by atoms with Gasteiger partial charge in [0.05, 0.1) is 7.11 Å². The number of nitrogens with zero attached hydrogens (tertiary/aromatic N) is 2. The molecule has 5 heteroatoms. The van der Waals surface area contributed by atoms with Crippen LogP contribution < -0.4 is 15.4 Å². The van der Waals surface area contributed by atoms with E-state index in [1.165, 1.54) is 25.7 Å². The van der Waals surface area contributed by atoms with Crippen LogP contribution in [0.15, 0.2) is 42.0 Å². The molecule has 5 nitrogen and oxygen atoms in total. The number of rotatable bonds is 8. The van der Waals surface area contributed by atoms with Gasteiger partial charge in [0.1, 0.15) is 11.6 Å². The summed E-state index contributed by atoms with van der Waals surface area (Å²) in [5, 5.41) is 6.74. The van der Waals surface area contributed by atoms with Crippen molar-refractivity contribution >= 4 is 11.8 Å². The van der Waals surface area contributed by atoms with Gasteiger partial charge < -0.3 is 15.4 Å². The number of hydrogen-bond acceptors (Lipinski definition) is 5. The van der Waals surface area contributed by atoms with Crippen molar-refractivity contribution in [1.82, 2.24) is 9.97 Å². The lowest BCUT2D eigenvalue weighted by atomic mass is 9.97. The molecule has 0 amide bonds. The molecule has 3 rings (SSSR count).